The Balaban J connectivity index is 2.31. The van der Waals surface area contributed by atoms with Gasteiger partial charge in [-0.05, 0) is 6.92 Å². The molecule has 0 radical (unpaired) electrons. The van der Waals surface area contributed by atoms with Gasteiger partial charge < -0.3 is 5.32 Å². The molecule has 1 atom stereocenters. The summed E-state index contributed by atoms with van der Waals surface area (Å²) in [5.74, 6) is 0.524. The minimum absolute atomic E-state index is 0.0115. The number of fused-ring (bicyclic) bond motifs is 1. The van der Waals surface area contributed by atoms with Gasteiger partial charge in [-0.15, -0.1) is 0 Å². The van der Waals surface area contributed by atoms with Crippen LogP contribution in [0.2, 0.25) is 0 Å². The quantitative estimate of drug-likeness (QED) is 0.838. The summed E-state index contributed by atoms with van der Waals surface area (Å²) in [7, 11) is 0. The van der Waals surface area contributed by atoms with Crippen LogP contribution in [0.4, 0.5) is 0 Å². The molecule has 0 fully saturated rings. The van der Waals surface area contributed by atoms with E-state index in [1.807, 2.05) is 27.7 Å². The molecular weight excluding hydrogens is 274 g/mol. The van der Waals surface area contributed by atoms with Crippen molar-refractivity contribution >= 4 is 17.7 Å². The molecule has 2 rings (SSSR count). The molecule has 0 aromatic carbocycles. The lowest BCUT2D eigenvalue weighted by Gasteiger charge is -2.26. The third kappa shape index (κ3) is 3.06. The minimum atomic E-state index is -0.160. The lowest BCUT2D eigenvalue weighted by molar-refractivity contribution is -0.124. The summed E-state index contributed by atoms with van der Waals surface area (Å²) in [5.41, 5.74) is 0.588. The fourth-order valence-electron chi connectivity index (χ4n) is 2.07. The zero-order valence-electron chi connectivity index (χ0n) is 12.4. The van der Waals surface area contributed by atoms with Crippen LogP contribution in [-0.4, -0.2) is 27.8 Å². The van der Waals surface area contributed by atoms with Gasteiger partial charge in [-0.25, -0.2) is 4.98 Å². The molecule has 20 heavy (non-hydrogen) atoms. The van der Waals surface area contributed by atoms with Crippen molar-refractivity contribution in [2.75, 3.05) is 12.3 Å². The van der Waals surface area contributed by atoms with Gasteiger partial charge in [0.15, 0.2) is 5.16 Å². The predicted octanol–water partition coefficient (Wildman–Crippen LogP) is 1.40. The summed E-state index contributed by atoms with van der Waals surface area (Å²) in [4.78, 5) is 28.7. The van der Waals surface area contributed by atoms with Gasteiger partial charge in [0.2, 0.25) is 5.91 Å². The second-order valence-electron chi connectivity index (χ2n) is 6.03. The summed E-state index contributed by atoms with van der Waals surface area (Å²) >= 11 is 1.49. The number of nitrogens with zero attached hydrogens (tertiary/aromatic N) is 2. The third-order valence-corrected chi connectivity index (χ3v) is 4.42. The van der Waals surface area contributed by atoms with Crippen LogP contribution in [0.15, 0.2) is 16.0 Å². The molecule has 1 aliphatic heterocycles. The van der Waals surface area contributed by atoms with Crippen LogP contribution in [-0.2, 0) is 16.8 Å². The summed E-state index contributed by atoms with van der Waals surface area (Å²) in [6.45, 7) is 9.04. The topological polar surface area (TPSA) is 64.0 Å². The number of nitrogens with one attached hydrogen (secondary N) is 1. The van der Waals surface area contributed by atoms with Crippen molar-refractivity contribution in [2.24, 2.45) is 5.92 Å². The highest BCUT2D eigenvalue weighted by molar-refractivity contribution is 7.99. The van der Waals surface area contributed by atoms with Gasteiger partial charge in [0.05, 0.1) is 11.6 Å². The molecule has 1 unspecified atom stereocenters. The Morgan fingerprint density at radius 3 is 2.85 bits per heavy atom. The van der Waals surface area contributed by atoms with Gasteiger partial charge in [-0.3, -0.25) is 14.2 Å². The average Bonchev–Trinajstić information content (AvgIpc) is 2.37. The largest absolute Gasteiger partial charge is 0.356 e. The highest BCUT2D eigenvalue weighted by atomic mass is 32.2. The molecule has 1 aromatic heterocycles. The number of carbonyl (C=O) groups excluding carboxylic acids is 1. The highest BCUT2D eigenvalue weighted by Crippen LogP contribution is 2.27. The van der Waals surface area contributed by atoms with Gasteiger partial charge in [0, 0.05) is 30.3 Å². The Hall–Kier alpha value is -1.30. The highest BCUT2D eigenvalue weighted by Gasteiger charge is 2.28. The number of carbonyl (C=O) groups is 1. The first-order valence-electron chi connectivity index (χ1n) is 6.85. The summed E-state index contributed by atoms with van der Waals surface area (Å²) in [5, 5.41) is 3.54. The van der Waals surface area contributed by atoms with Crippen molar-refractivity contribution in [1.82, 2.24) is 14.9 Å². The van der Waals surface area contributed by atoms with Crippen molar-refractivity contribution < 1.29 is 4.79 Å². The van der Waals surface area contributed by atoms with Crippen molar-refractivity contribution in [3.63, 3.8) is 0 Å². The zero-order valence-corrected chi connectivity index (χ0v) is 13.2. The van der Waals surface area contributed by atoms with E-state index in [2.05, 4.69) is 10.3 Å². The number of aromatic nitrogens is 2. The van der Waals surface area contributed by atoms with Crippen LogP contribution in [0.5, 0.6) is 0 Å². The first-order chi connectivity index (χ1) is 9.32. The van der Waals surface area contributed by atoms with Crippen LogP contribution in [0.1, 0.15) is 33.4 Å². The summed E-state index contributed by atoms with van der Waals surface area (Å²) in [6, 6.07) is 1.59. The maximum Gasteiger partial charge on any atom is 0.254 e. The van der Waals surface area contributed by atoms with Crippen LogP contribution in [0.25, 0.3) is 0 Å². The van der Waals surface area contributed by atoms with Crippen LogP contribution in [0, 0.1) is 5.92 Å². The van der Waals surface area contributed by atoms with Gasteiger partial charge in [0.1, 0.15) is 0 Å². The maximum absolute atomic E-state index is 12.2. The molecule has 110 valence electrons. The number of hydrogen-bond donors (Lipinski definition) is 1. The molecule has 1 amide bonds. The van der Waals surface area contributed by atoms with Crippen LogP contribution >= 0.6 is 11.8 Å². The van der Waals surface area contributed by atoms with Crippen molar-refractivity contribution in [1.29, 1.82) is 0 Å². The molecule has 1 aliphatic rings. The Morgan fingerprint density at radius 1 is 1.55 bits per heavy atom. The van der Waals surface area contributed by atoms with Crippen molar-refractivity contribution in [3.05, 3.63) is 22.1 Å². The first kappa shape index (κ1) is 15.1. The van der Waals surface area contributed by atoms with Gasteiger partial charge in [-0.1, -0.05) is 32.5 Å². The minimum Gasteiger partial charge on any atom is -0.356 e. The monoisotopic (exact) mass is 295 g/mol. The molecule has 0 aliphatic carbocycles. The lowest BCUT2D eigenvalue weighted by Crippen LogP contribution is -2.40. The Labute approximate surface area is 123 Å². The van der Waals surface area contributed by atoms with Gasteiger partial charge in [-0.2, -0.15) is 0 Å². The maximum atomic E-state index is 12.2. The number of rotatable bonds is 2. The van der Waals surface area contributed by atoms with E-state index in [0.29, 0.717) is 18.8 Å². The molecular formula is C14H21N3O2S. The second-order valence-corrected chi connectivity index (χ2v) is 7.01. The van der Waals surface area contributed by atoms with Crippen molar-refractivity contribution in [3.8, 4) is 0 Å². The van der Waals surface area contributed by atoms with E-state index in [0.717, 1.165) is 10.9 Å². The molecule has 2 heterocycles. The average molecular weight is 295 g/mol. The fourth-order valence-corrected chi connectivity index (χ4v) is 3.16. The van der Waals surface area contributed by atoms with Gasteiger partial charge >= 0.3 is 0 Å². The summed E-state index contributed by atoms with van der Waals surface area (Å²) < 4.78 is 1.61. The van der Waals surface area contributed by atoms with E-state index in [1.54, 1.807) is 10.6 Å². The number of hydrogen-bond acceptors (Lipinski definition) is 4. The normalized spacial score (nSPS) is 18.5. The predicted molar refractivity (Wildman–Crippen MR) is 80.1 cm³/mol. The molecule has 0 saturated carbocycles. The summed E-state index contributed by atoms with van der Waals surface area (Å²) in [6.07, 6.45) is 0. The van der Waals surface area contributed by atoms with E-state index < -0.39 is 0 Å². The first-order valence-corrected chi connectivity index (χ1v) is 7.84. The van der Waals surface area contributed by atoms with Gasteiger partial charge in [0.25, 0.3) is 5.56 Å². The van der Waals surface area contributed by atoms with Crippen molar-refractivity contribution in [2.45, 2.75) is 44.8 Å². The zero-order chi connectivity index (χ0) is 14.9. The Kier molecular flexibility index (Phi) is 4.22. The number of thioether (sulfide) groups is 1. The molecule has 0 saturated heterocycles. The van der Waals surface area contributed by atoms with E-state index in [-0.39, 0.29) is 22.8 Å². The lowest BCUT2D eigenvalue weighted by atomic mass is 9.92. The van der Waals surface area contributed by atoms with Crippen LogP contribution in [0.3, 0.4) is 0 Å². The Morgan fingerprint density at radius 2 is 2.25 bits per heavy atom. The molecule has 1 N–H and O–H groups in total. The molecule has 1 aromatic rings. The fraction of sp³-hybridized carbons (Fsp3) is 0.643. The Bertz CT molecular complexity index is 575. The molecule has 6 heteroatoms. The SMILES string of the molecule is CCNC(=O)C1CSc2nc(C(C)(C)C)cc(=O)n2C1. The molecule has 5 nitrogen and oxygen atoms in total. The molecule has 0 bridgehead atoms. The van der Waals surface area contributed by atoms with E-state index in [9.17, 15) is 9.59 Å². The van der Waals surface area contributed by atoms with E-state index in [4.69, 9.17) is 0 Å². The second kappa shape index (κ2) is 5.60. The number of amides is 1. The third-order valence-electron chi connectivity index (χ3n) is 3.28. The standard InChI is InChI=1S/C14H21N3O2S/c1-5-15-12(19)9-7-17-11(18)6-10(14(2,3)4)16-13(17)20-8-9/h6,9H,5,7-8H2,1-4H3,(H,15,19). The van der Waals surface area contributed by atoms with E-state index in [1.165, 1.54) is 11.8 Å². The smallest absolute Gasteiger partial charge is 0.254 e. The molecule has 0 spiro atoms. The van der Waals surface area contributed by atoms with Crippen LogP contribution < -0.4 is 10.9 Å². The van der Waals surface area contributed by atoms with E-state index >= 15 is 0 Å².